The van der Waals surface area contributed by atoms with Gasteiger partial charge >= 0.3 is 0 Å². The summed E-state index contributed by atoms with van der Waals surface area (Å²) in [7, 11) is 0. The van der Waals surface area contributed by atoms with Crippen LogP contribution in [0, 0.1) is 11.8 Å². The number of benzene rings is 1. The zero-order chi connectivity index (χ0) is 11.1. The Balaban J connectivity index is 1.98. The summed E-state index contributed by atoms with van der Waals surface area (Å²) in [5.41, 5.74) is 3.09. The average Bonchev–Trinajstić information content (AvgIpc) is 2.74. The van der Waals surface area contributed by atoms with Gasteiger partial charge in [0.1, 0.15) is 0 Å². The zero-order valence-corrected chi connectivity index (χ0v) is 10.8. The van der Waals surface area contributed by atoms with E-state index in [4.69, 9.17) is 0 Å². The number of hydrogen-bond acceptors (Lipinski definition) is 1. The second-order valence-corrected chi connectivity index (χ2v) is 6.63. The number of rotatable bonds is 1. The van der Waals surface area contributed by atoms with Crippen LogP contribution >= 0.6 is 11.8 Å². The number of thioether (sulfide) groups is 1. The van der Waals surface area contributed by atoms with Crippen molar-refractivity contribution in [1.82, 2.24) is 0 Å². The monoisotopic (exact) mass is 230 g/mol. The highest BCUT2D eigenvalue weighted by atomic mass is 32.2. The standard InChI is InChI=1S/C15H18S/c1-10-8-13-14(9-10)16-11(2)15(13)12-6-4-3-5-7-12/h3-7,10,13-14H,8-9H2,1-2H3. The van der Waals surface area contributed by atoms with Gasteiger partial charge in [0.05, 0.1) is 0 Å². The zero-order valence-electron chi connectivity index (χ0n) is 9.94. The van der Waals surface area contributed by atoms with E-state index >= 15 is 0 Å². The molecule has 3 unspecified atom stereocenters. The Bertz CT molecular complexity index is 418. The van der Waals surface area contributed by atoms with Gasteiger partial charge in [0.2, 0.25) is 0 Å². The maximum Gasteiger partial charge on any atom is 0.0163 e. The highest BCUT2D eigenvalue weighted by Gasteiger charge is 2.40. The van der Waals surface area contributed by atoms with Crippen LogP contribution in [0.5, 0.6) is 0 Å². The molecule has 2 aliphatic rings. The fraction of sp³-hybridized carbons (Fsp3) is 0.467. The van der Waals surface area contributed by atoms with Gasteiger partial charge in [0.15, 0.2) is 0 Å². The summed E-state index contributed by atoms with van der Waals surface area (Å²) < 4.78 is 0. The maximum absolute atomic E-state index is 2.40. The van der Waals surface area contributed by atoms with Crippen molar-refractivity contribution >= 4 is 17.3 Å². The normalized spacial score (nSPS) is 33.2. The molecule has 0 saturated heterocycles. The van der Waals surface area contributed by atoms with E-state index in [-0.39, 0.29) is 0 Å². The quantitative estimate of drug-likeness (QED) is 0.680. The molecule has 1 saturated carbocycles. The summed E-state index contributed by atoms with van der Waals surface area (Å²) in [5.74, 6) is 1.73. The van der Waals surface area contributed by atoms with Crippen LogP contribution in [-0.4, -0.2) is 5.25 Å². The molecule has 0 aromatic heterocycles. The molecule has 1 aliphatic heterocycles. The Morgan fingerprint density at radius 1 is 1.12 bits per heavy atom. The van der Waals surface area contributed by atoms with Crippen molar-refractivity contribution in [2.75, 3.05) is 0 Å². The Morgan fingerprint density at radius 2 is 1.88 bits per heavy atom. The highest BCUT2D eigenvalue weighted by Crippen LogP contribution is 2.55. The van der Waals surface area contributed by atoms with E-state index in [1.54, 1.807) is 10.5 Å². The summed E-state index contributed by atoms with van der Waals surface area (Å²) in [6.07, 6.45) is 2.79. The molecule has 84 valence electrons. The van der Waals surface area contributed by atoms with Crippen molar-refractivity contribution in [3.05, 3.63) is 40.8 Å². The molecule has 0 bridgehead atoms. The summed E-state index contributed by atoms with van der Waals surface area (Å²) in [6, 6.07) is 11.0. The van der Waals surface area contributed by atoms with Crippen LogP contribution in [-0.2, 0) is 0 Å². The predicted molar refractivity (Wildman–Crippen MR) is 72.3 cm³/mol. The van der Waals surface area contributed by atoms with Gasteiger partial charge in [-0.05, 0) is 47.6 Å². The van der Waals surface area contributed by atoms with Gasteiger partial charge in [-0.1, -0.05) is 37.3 Å². The molecule has 0 nitrogen and oxygen atoms in total. The van der Waals surface area contributed by atoms with E-state index < -0.39 is 0 Å². The lowest BCUT2D eigenvalue weighted by Gasteiger charge is -2.13. The molecule has 0 radical (unpaired) electrons. The Hall–Kier alpha value is -0.690. The van der Waals surface area contributed by atoms with Crippen molar-refractivity contribution in [3.63, 3.8) is 0 Å². The van der Waals surface area contributed by atoms with E-state index in [1.165, 1.54) is 18.4 Å². The molecule has 1 aliphatic carbocycles. The molecule has 3 rings (SSSR count). The van der Waals surface area contributed by atoms with Gasteiger partial charge in [-0.2, -0.15) is 0 Å². The van der Waals surface area contributed by atoms with Gasteiger partial charge < -0.3 is 0 Å². The van der Waals surface area contributed by atoms with Crippen molar-refractivity contribution in [2.24, 2.45) is 11.8 Å². The van der Waals surface area contributed by atoms with E-state index in [0.717, 1.165) is 17.1 Å². The summed E-state index contributed by atoms with van der Waals surface area (Å²) in [5, 5.41) is 0.866. The molecule has 1 fully saturated rings. The van der Waals surface area contributed by atoms with Crippen LogP contribution in [0.2, 0.25) is 0 Å². The summed E-state index contributed by atoms with van der Waals surface area (Å²) in [6.45, 7) is 4.70. The lowest BCUT2D eigenvalue weighted by Crippen LogP contribution is -2.05. The Labute approximate surface area is 102 Å². The predicted octanol–water partition coefficient (Wildman–Crippen LogP) is 4.58. The van der Waals surface area contributed by atoms with Crippen molar-refractivity contribution in [2.45, 2.75) is 31.9 Å². The smallest absolute Gasteiger partial charge is 0.0163 e. The lowest BCUT2D eigenvalue weighted by molar-refractivity contribution is 0.591. The molecule has 3 atom stereocenters. The third-order valence-electron chi connectivity index (χ3n) is 3.90. The first-order valence-corrected chi connectivity index (χ1v) is 7.06. The van der Waals surface area contributed by atoms with Crippen LogP contribution in [0.4, 0.5) is 0 Å². The lowest BCUT2D eigenvalue weighted by atomic mass is 9.90. The fourth-order valence-electron chi connectivity index (χ4n) is 3.26. The van der Waals surface area contributed by atoms with Crippen LogP contribution in [0.3, 0.4) is 0 Å². The van der Waals surface area contributed by atoms with E-state index in [0.29, 0.717) is 0 Å². The fourth-order valence-corrected chi connectivity index (χ4v) is 4.95. The minimum absolute atomic E-state index is 0.822. The number of allylic oxidation sites excluding steroid dienone is 2. The molecule has 0 spiro atoms. The van der Waals surface area contributed by atoms with Gasteiger partial charge in [-0.25, -0.2) is 0 Å². The van der Waals surface area contributed by atoms with Crippen molar-refractivity contribution < 1.29 is 0 Å². The van der Waals surface area contributed by atoms with E-state index in [9.17, 15) is 0 Å². The second-order valence-electron chi connectivity index (χ2n) is 5.18. The first kappa shape index (κ1) is 10.5. The van der Waals surface area contributed by atoms with Crippen molar-refractivity contribution in [1.29, 1.82) is 0 Å². The van der Waals surface area contributed by atoms with Crippen LogP contribution in [0.25, 0.3) is 5.57 Å². The molecular weight excluding hydrogens is 212 g/mol. The molecule has 16 heavy (non-hydrogen) atoms. The van der Waals surface area contributed by atoms with Crippen LogP contribution in [0.15, 0.2) is 35.2 Å². The number of hydrogen-bond donors (Lipinski definition) is 0. The molecular formula is C15H18S. The minimum Gasteiger partial charge on any atom is -0.127 e. The number of fused-ring (bicyclic) bond motifs is 1. The summed E-state index contributed by atoms with van der Waals surface area (Å²) in [4.78, 5) is 1.56. The Kier molecular flexibility index (Phi) is 2.59. The first-order chi connectivity index (χ1) is 7.75. The highest BCUT2D eigenvalue weighted by molar-refractivity contribution is 8.04. The summed E-state index contributed by atoms with van der Waals surface area (Å²) >= 11 is 2.12. The minimum atomic E-state index is 0.822. The molecule has 1 heteroatoms. The third kappa shape index (κ3) is 1.62. The van der Waals surface area contributed by atoms with E-state index in [2.05, 4.69) is 55.9 Å². The third-order valence-corrected chi connectivity index (χ3v) is 5.30. The van der Waals surface area contributed by atoms with Gasteiger partial charge in [0, 0.05) is 5.25 Å². The van der Waals surface area contributed by atoms with Gasteiger partial charge in [-0.15, -0.1) is 11.8 Å². The molecule has 0 N–H and O–H groups in total. The molecule has 1 aromatic carbocycles. The van der Waals surface area contributed by atoms with Crippen molar-refractivity contribution in [3.8, 4) is 0 Å². The molecule has 0 amide bonds. The molecule has 1 aromatic rings. The SMILES string of the molecule is CC1=C(c2ccccc2)C2CC(C)CC2S1. The van der Waals surface area contributed by atoms with Gasteiger partial charge in [-0.3, -0.25) is 0 Å². The topological polar surface area (TPSA) is 0 Å². The Morgan fingerprint density at radius 3 is 2.62 bits per heavy atom. The van der Waals surface area contributed by atoms with Crippen LogP contribution < -0.4 is 0 Å². The van der Waals surface area contributed by atoms with E-state index in [1.807, 2.05) is 0 Å². The second kappa shape index (κ2) is 3.96. The average molecular weight is 230 g/mol. The maximum atomic E-state index is 2.40. The molecule has 1 heterocycles. The largest absolute Gasteiger partial charge is 0.127 e. The van der Waals surface area contributed by atoms with Gasteiger partial charge in [0.25, 0.3) is 0 Å². The first-order valence-electron chi connectivity index (χ1n) is 6.18. The van der Waals surface area contributed by atoms with Crippen LogP contribution in [0.1, 0.15) is 32.3 Å².